The minimum absolute atomic E-state index is 0.642. The maximum Gasteiger partial charge on any atom is 0.127 e. The summed E-state index contributed by atoms with van der Waals surface area (Å²) in [7, 11) is 4.03. The number of ether oxygens (including phenoxy) is 1. The molecule has 0 fully saturated rings. The number of nitrogens with zero attached hydrogens (tertiary/aromatic N) is 2. The molecule has 3 heteroatoms. The zero-order valence-corrected chi connectivity index (χ0v) is 10.7. The first-order valence-electron chi connectivity index (χ1n) is 5.92. The highest BCUT2D eigenvalue weighted by Gasteiger charge is 2.06. The summed E-state index contributed by atoms with van der Waals surface area (Å²) in [5.41, 5.74) is 0.686. The van der Waals surface area contributed by atoms with Crippen LogP contribution in [0.1, 0.15) is 5.56 Å². The third-order valence-corrected chi connectivity index (χ3v) is 2.80. The van der Waals surface area contributed by atoms with Gasteiger partial charge in [0.2, 0.25) is 0 Å². The first-order chi connectivity index (χ1) is 8.72. The number of fused-ring (bicyclic) bond motifs is 1. The van der Waals surface area contributed by atoms with E-state index in [4.69, 9.17) is 10.00 Å². The van der Waals surface area contributed by atoms with E-state index in [2.05, 4.69) is 11.0 Å². The summed E-state index contributed by atoms with van der Waals surface area (Å²) in [4.78, 5) is 2.08. The van der Waals surface area contributed by atoms with E-state index in [1.165, 1.54) is 0 Å². The Balaban J connectivity index is 2.32. The maximum atomic E-state index is 9.08. The molecule has 92 valence electrons. The molecule has 0 heterocycles. The first kappa shape index (κ1) is 12.4. The smallest absolute Gasteiger partial charge is 0.127 e. The third-order valence-electron chi connectivity index (χ3n) is 2.80. The summed E-state index contributed by atoms with van der Waals surface area (Å²) in [6.45, 7) is 1.51. The van der Waals surface area contributed by atoms with Crippen LogP contribution >= 0.6 is 0 Å². The number of nitriles is 1. The van der Waals surface area contributed by atoms with Gasteiger partial charge in [0.1, 0.15) is 12.4 Å². The molecule has 0 aliphatic rings. The molecular weight excluding hydrogens is 224 g/mol. The van der Waals surface area contributed by atoms with Gasteiger partial charge in [-0.3, -0.25) is 0 Å². The van der Waals surface area contributed by atoms with Crippen molar-refractivity contribution < 1.29 is 4.74 Å². The highest BCUT2D eigenvalue weighted by molar-refractivity contribution is 5.92. The zero-order chi connectivity index (χ0) is 13.0. The molecule has 0 radical (unpaired) electrons. The van der Waals surface area contributed by atoms with E-state index in [0.717, 1.165) is 23.1 Å². The second-order valence-corrected chi connectivity index (χ2v) is 4.42. The number of rotatable bonds is 4. The highest BCUT2D eigenvalue weighted by atomic mass is 16.5. The van der Waals surface area contributed by atoms with Crippen LogP contribution in [0, 0.1) is 11.3 Å². The van der Waals surface area contributed by atoms with Gasteiger partial charge in [0.05, 0.1) is 11.6 Å². The van der Waals surface area contributed by atoms with E-state index in [-0.39, 0.29) is 0 Å². The van der Waals surface area contributed by atoms with Gasteiger partial charge in [-0.2, -0.15) is 5.26 Å². The van der Waals surface area contributed by atoms with Crippen LogP contribution in [0.4, 0.5) is 0 Å². The average molecular weight is 240 g/mol. The average Bonchev–Trinajstić information content (AvgIpc) is 2.38. The van der Waals surface area contributed by atoms with Gasteiger partial charge in [-0.25, -0.2) is 0 Å². The van der Waals surface area contributed by atoms with Crippen LogP contribution in [-0.4, -0.2) is 32.1 Å². The Morgan fingerprint density at radius 1 is 1.11 bits per heavy atom. The van der Waals surface area contributed by atoms with Gasteiger partial charge >= 0.3 is 0 Å². The number of benzene rings is 2. The van der Waals surface area contributed by atoms with Crippen LogP contribution in [0.3, 0.4) is 0 Å². The molecule has 0 aliphatic heterocycles. The molecule has 18 heavy (non-hydrogen) atoms. The normalized spacial score (nSPS) is 10.6. The van der Waals surface area contributed by atoms with Gasteiger partial charge in [0, 0.05) is 17.3 Å². The van der Waals surface area contributed by atoms with Gasteiger partial charge in [-0.1, -0.05) is 24.3 Å². The van der Waals surface area contributed by atoms with Gasteiger partial charge < -0.3 is 9.64 Å². The second kappa shape index (κ2) is 5.52. The lowest BCUT2D eigenvalue weighted by atomic mass is 10.0. The fourth-order valence-electron chi connectivity index (χ4n) is 1.83. The van der Waals surface area contributed by atoms with Gasteiger partial charge in [-0.05, 0) is 26.2 Å². The molecule has 0 atom stereocenters. The molecule has 0 spiro atoms. The predicted molar refractivity (Wildman–Crippen MR) is 72.7 cm³/mol. The largest absolute Gasteiger partial charge is 0.492 e. The van der Waals surface area contributed by atoms with E-state index < -0.39 is 0 Å². The maximum absolute atomic E-state index is 9.08. The number of likely N-dealkylation sites (N-methyl/N-ethyl adjacent to an activating group) is 1. The van der Waals surface area contributed by atoms with E-state index in [0.29, 0.717) is 12.2 Å². The van der Waals surface area contributed by atoms with Crippen molar-refractivity contribution in [2.75, 3.05) is 27.2 Å². The Kier molecular flexibility index (Phi) is 3.81. The molecule has 0 unspecified atom stereocenters. The van der Waals surface area contributed by atoms with Crippen LogP contribution < -0.4 is 4.74 Å². The Bertz CT molecular complexity index is 585. The number of hydrogen-bond acceptors (Lipinski definition) is 3. The van der Waals surface area contributed by atoms with Gasteiger partial charge in [0.25, 0.3) is 0 Å². The lowest BCUT2D eigenvalue weighted by Crippen LogP contribution is -2.19. The third kappa shape index (κ3) is 2.61. The van der Waals surface area contributed by atoms with Crippen molar-refractivity contribution in [2.24, 2.45) is 0 Å². The Hall–Kier alpha value is -2.05. The Labute approximate surface area is 107 Å². The van der Waals surface area contributed by atoms with Crippen LogP contribution in [-0.2, 0) is 0 Å². The topological polar surface area (TPSA) is 36.3 Å². The molecule has 0 saturated carbocycles. The summed E-state index contributed by atoms with van der Waals surface area (Å²) < 4.78 is 5.78. The minimum Gasteiger partial charge on any atom is -0.492 e. The second-order valence-electron chi connectivity index (χ2n) is 4.42. The molecule has 2 aromatic rings. The van der Waals surface area contributed by atoms with E-state index in [1.54, 1.807) is 0 Å². The first-order valence-corrected chi connectivity index (χ1v) is 5.92. The van der Waals surface area contributed by atoms with E-state index >= 15 is 0 Å². The Morgan fingerprint density at radius 3 is 2.50 bits per heavy atom. The quantitative estimate of drug-likeness (QED) is 0.824. The van der Waals surface area contributed by atoms with Crippen molar-refractivity contribution in [3.8, 4) is 11.8 Å². The van der Waals surface area contributed by atoms with Gasteiger partial charge in [0.15, 0.2) is 0 Å². The molecule has 2 aromatic carbocycles. The van der Waals surface area contributed by atoms with Crippen molar-refractivity contribution in [1.82, 2.24) is 4.90 Å². The summed E-state index contributed by atoms with van der Waals surface area (Å²) in [6, 6.07) is 13.7. The molecule has 0 N–H and O–H groups in total. The number of hydrogen-bond donors (Lipinski definition) is 0. The lowest BCUT2D eigenvalue weighted by Gasteiger charge is -2.13. The fourth-order valence-corrected chi connectivity index (χ4v) is 1.83. The standard InChI is InChI=1S/C15H16N2O/c1-17(2)9-10-18-15-8-7-12(11-16)13-5-3-4-6-14(13)15/h3-8H,9-10H2,1-2H3. The summed E-state index contributed by atoms with van der Waals surface area (Å²) in [6.07, 6.45) is 0. The van der Waals surface area contributed by atoms with E-state index in [9.17, 15) is 0 Å². The highest BCUT2D eigenvalue weighted by Crippen LogP contribution is 2.28. The van der Waals surface area contributed by atoms with Crippen molar-refractivity contribution in [1.29, 1.82) is 5.26 Å². The molecule has 0 saturated heterocycles. The fraction of sp³-hybridized carbons (Fsp3) is 0.267. The van der Waals surface area contributed by atoms with Crippen LogP contribution in [0.5, 0.6) is 5.75 Å². The summed E-state index contributed by atoms with van der Waals surface area (Å²) in [5.74, 6) is 0.839. The van der Waals surface area contributed by atoms with Crippen molar-refractivity contribution >= 4 is 10.8 Å². The zero-order valence-electron chi connectivity index (χ0n) is 10.7. The lowest BCUT2D eigenvalue weighted by molar-refractivity contribution is 0.263. The van der Waals surface area contributed by atoms with Crippen molar-refractivity contribution in [3.63, 3.8) is 0 Å². The molecule has 2 rings (SSSR count). The Morgan fingerprint density at radius 2 is 1.83 bits per heavy atom. The van der Waals surface area contributed by atoms with Crippen LogP contribution in [0.25, 0.3) is 10.8 Å². The van der Waals surface area contributed by atoms with E-state index in [1.807, 2.05) is 50.5 Å². The van der Waals surface area contributed by atoms with Crippen molar-refractivity contribution in [2.45, 2.75) is 0 Å². The van der Waals surface area contributed by atoms with Crippen molar-refractivity contribution in [3.05, 3.63) is 42.0 Å². The van der Waals surface area contributed by atoms with Gasteiger partial charge in [-0.15, -0.1) is 0 Å². The molecule has 3 nitrogen and oxygen atoms in total. The molecule has 0 aromatic heterocycles. The SMILES string of the molecule is CN(C)CCOc1ccc(C#N)c2ccccc12. The molecule has 0 aliphatic carbocycles. The minimum atomic E-state index is 0.642. The summed E-state index contributed by atoms with van der Waals surface area (Å²) in [5, 5.41) is 11.0. The molecule has 0 bridgehead atoms. The monoisotopic (exact) mass is 240 g/mol. The molecule has 0 amide bonds. The predicted octanol–water partition coefficient (Wildman–Crippen LogP) is 2.65. The van der Waals surface area contributed by atoms with Crippen LogP contribution in [0.2, 0.25) is 0 Å². The summed E-state index contributed by atoms with van der Waals surface area (Å²) >= 11 is 0. The van der Waals surface area contributed by atoms with Crippen LogP contribution in [0.15, 0.2) is 36.4 Å². The molecular formula is C15H16N2O.